The summed E-state index contributed by atoms with van der Waals surface area (Å²) in [6, 6.07) is 40.5. The van der Waals surface area contributed by atoms with Gasteiger partial charge in [-0.15, -0.1) is 0 Å². The van der Waals surface area contributed by atoms with Crippen LogP contribution in [0.4, 0.5) is 0 Å². The summed E-state index contributed by atoms with van der Waals surface area (Å²) in [7, 11) is 0. The number of hydrogen-bond acceptors (Lipinski definition) is 4. The first kappa shape index (κ1) is 32.5. The van der Waals surface area contributed by atoms with E-state index in [0.29, 0.717) is 5.82 Å². The molecule has 4 heteroatoms. The average molecular weight is 731 g/mol. The highest BCUT2D eigenvalue weighted by Gasteiger charge is 2.52. The van der Waals surface area contributed by atoms with Gasteiger partial charge in [-0.3, -0.25) is 0 Å². The van der Waals surface area contributed by atoms with Crippen LogP contribution in [-0.4, -0.2) is 19.9 Å². The third kappa shape index (κ3) is 4.80. The van der Waals surface area contributed by atoms with Crippen LogP contribution in [0.2, 0.25) is 0 Å². The second kappa shape index (κ2) is 12.6. The highest BCUT2D eigenvalue weighted by atomic mass is 15.0. The SMILES string of the molecule is C1=CCCC(c2nc(-c3cccc(-c4nc5ccccc5c5cc6c(cc45)C4(C5=C(CCC=C5)c5ccccc54)c4ccccc4-6)c3)nc(C3C=CC=CC3)n2)=C1. The summed E-state index contributed by atoms with van der Waals surface area (Å²) in [5.41, 5.74) is 15.7. The van der Waals surface area contributed by atoms with E-state index in [1.807, 2.05) is 0 Å². The molecule has 57 heavy (non-hydrogen) atoms. The first-order valence-corrected chi connectivity index (χ1v) is 20.3. The van der Waals surface area contributed by atoms with Gasteiger partial charge in [-0.25, -0.2) is 19.9 Å². The van der Waals surface area contributed by atoms with Crippen molar-refractivity contribution in [3.05, 3.63) is 203 Å². The van der Waals surface area contributed by atoms with Crippen LogP contribution in [0.3, 0.4) is 0 Å². The van der Waals surface area contributed by atoms with E-state index in [1.54, 1.807) is 0 Å². The lowest BCUT2D eigenvalue weighted by atomic mass is 9.69. The number of aromatic nitrogens is 4. The summed E-state index contributed by atoms with van der Waals surface area (Å²) in [5.74, 6) is 2.39. The Kier molecular flexibility index (Phi) is 7.19. The number of para-hydroxylation sites is 1. The van der Waals surface area contributed by atoms with Gasteiger partial charge in [0, 0.05) is 27.8 Å². The molecule has 0 fully saturated rings. The molecule has 0 amide bonds. The Balaban J connectivity index is 1.10. The monoisotopic (exact) mass is 730 g/mol. The van der Waals surface area contributed by atoms with Gasteiger partial charge in [0.05, 0.1) is 16.6 Å². The van der Waals surface area contributed by atoms with Crippen molar-refractivity contribution >= 4 is 32.8 Å². The highest BCUT2D eigenvalue weighted by molar-refractivity contribution is 6.14. The molecule has 270 valence electrons. The van der Waals surface area contributed by atoms with Crippen molar-refractivity contribution in [1.29, 1.82) is 0 Å². The molecule has 5 aliphatic rings. The Morgan fingerprint density at radius 2 is 1.35 bits per heavy atom. The van der Waals surface area contributed by atoms with Crippen LogP contribution in [0.5, 0.6) is 0 Å². The Bertz CT molecular complexity index is 3060. The zero-order valence-corrected chi connectivity index (χ0v) is 31.5. The van der Waals surface area contributed by atoms with E-state index in [0.717, 1.165) is 82.4 Å². The Labute approximate surface area is 332 Å². The predicted molar refractivity (Wildman–Crippen MR) is 233 cm³/mol. The van der Waals surface area contributed by atoms with Gasteiger partial charge >= 0.3 is 0 Å². The third-order valence-corrected chi connectivity index (χ3v) is 12.8. The van der Waals surface area contributed by atoms with Crippen LogP contribution in [0, 0.1) is 0 Å². The number of rotatable bonds is 4. The molecule has 0 radical (unpaired) electrons. The first-order chi connectivity index (χ1) is 28.3. The number of nitrogens with zero attached hydrogens (tertiary/aromatic N) is 4. The number of fused-ring (bicyclic) bond motifs is 12. The summed E-state index contributed by atoms with van der Waals surface area (Å²) in [4.78, 5) is 20.9. The molecule has 4 nitrogen and oxygen atoms in total. The topological polar surface area (TPSA) is 51.6 Å². The van der Waals surface area contributed by atoms with Gasteiger partial charge in [0.2, 0.25) is 0 Å². The molecule has 2 heterocycles. The standard InChI is InChI=1S/C53H38N4/c1-3-16-33(17-4-1)50-55-51(34-18-5-2-6-19-34)57-52(56-50)36-21-15-20-35(30-36)49-43-32-47-42(31-41(43)40-25-10-14-29-48(40)54-49)39-24-9-13-28-46(39)53(47)44-26-11-7-22-37(44)38-23-8-12-27-45(38)53/h1-5,7,9-16,18,20-22,24-33H,6,8,17,19,23H2. The van der Waals surface area contributed by atoms with Gasteiger partial charge < -0.3 is 0 Å². The predicted octanol–water partition coefficient (Wildman–Crippen LogP) is 12.7. The maximum absolute atomic E-state index is 5.49. The second-order valence-corrected chi connectivity index (χ2v) is 15.8. The van der Waals surface area contributed by atoms with E-state index >= 15 is 0 Å². The van der Waals surface area contributed by atoms with E-state index in [2.05, 4.69) is 164 Å². The molecule has 0 aliphatic heterocycles. The fraction of sp³-hybridized carbons (Fsp3) is 0.132. The van der Waals surface area contributed by atoms with Crippen LogP contribution in [0.1, 0.15) is 71.9 Å². The Hall–Kier alpha value is -6.78. The van der Waals surface area contributed by atoms with Gasteiger partial charge in [-0.05, 0) is 112 Å². The van der Waals surface area contributed by atoms with Gasteiger partial charge in [0.15, 0.2) is 11.6 Å². The van der Waals surface area contributed by atoms with Crippen LogP contribution < -0.4 is 0 Å². The molecule has 2 atom stereocenters. The van der Waals surface area contributed by atoms with Crippen molar-refractivity contribution < 1.29 is 0 Å². The molecule has 0 bridgehead atoms. The fourth-order valence-electron chi connectivity index (χ4n) is 10.2. The minimum absolute atomic E-state index is 0.110. The molecule has 5 aliphatic carbocycles. The van der Waals surface area contributed by atoms with Gasteiger partial charge in [-0.1, -0.05) is 140 Å². The fourth-order valence-corrected chi connectivity index (χ4v) is 10.2. The average Bonchev–Trinajstić information content (AvgIpc) is 3.75. The summed E-state index contributed by atoms with van der Waals surface area (Å²) in [6.45, 7) is 0. The maximum Gasteiger partial charge on any atom is 0.163 e. The number of pyridine rings is 1. The van der Waals surface area contributed by atoms with Crippen LogP contribution in [-0.2, 0) is 5.41 Å². The van der Waals surface area contributed by atoms with E-state index in [4.69, 9.17) is 19.9 Å². The zero-order valence-electron chi connectivity index (χ0n) is 31.5. The van der Waals surface area contributed by atoms with Gasteiger partial charge in [0.25, 0.3) is 0 Å². The van der Waals surface area contributed by atoms with E-state index in [1.165, 1.54) is 49.9 Å². The number of benzene rings is 5. The van der Waals surface area contributed by atoms with Crippen molar-refractivity contribution in [2.24, 2.45) is 0 Å². The molecule has 1 spiro atoms. The molecular weight excluding hydrogens is 693 g/mol. The van der Waals surface area contributed by atoms with E-state index < -0.39 is 5.41 Å². The molecule has 7 aromatic rings. The maximum atomic E-state index is 5.49. The third-order valence-electron chi connectivity index (χ3n) is 12.8. The lowest BCUT2D eigenvalue weighted by molar-refractivity contribution is 0.754. The molecule has 5 aromatic carbocycles. The second-order valence-electron chi connectivity index (χ2n) is 15.8. The highest BCUT2D eigenvalue weighted by Crippen LogP contribution is 2.64. The van der Waals surface area contributed by atoms with Gasteiger partial charge in [0.1, 0.15) is 5.82 Å². The molecule has 0 saturated carbocycles. The largest absolute Gasteiger partial charge is 0.247 e. The van der Waals surface area contributed by atoms with Crippen molar-refractivity contribution in [2.45, 2.75) is 43.4 Å². The van der Waals surface area contributed by atoms with Crippen LogP contribution in [0.25, 0.3) is 66.6 Å². The summed E-state index contributed by atoms with van der Waals surface area (Å²) in [6.07, 6.45) is 24.8. The van der Waals surface area contributed by atoms with Crippen LogP contribution in [0.15, 0.2) is 169 Å². The van der Waals surface area contributed by atoms with Gasteiger partial charge in [-0.2, -0.15) is 0 Å². The van der Waals surface area contributed by atoms with E-state index in [-0.39, 0.29) is 5.92 Å². The number of hydrogen-bond donors (Lipinski definition) is 0. The minimum atomic E-state index is -0.392. The zero-order chi connectivity index (χ0) is 37.5. The molecule has 0 N–H and O–H groups in total. The lowest BCUT2D eigenvalue weighted by Crippen LogP contribution is -2.27. The smallest absolute Gasteiger partial charge is 0.163 e. The summed E-state index contributed by atoms with van der Waals surface area (Å²) < 4.78 is 0. The molecular formula is C53H38N4. The van der Waals surface area contributed by atoms with Crippen molar-refractivity contribution in [1.82, 2.24) is 19.9 Å². The number of allylic oxidation sites excluding steroid dienone is 12. The molecule has 2 aromatic heterocycles. The Morgan fingerprint density at radius 3 is 2.23 bits per heavy atom. The van der Waals surface area contributed by atoms with Crippen LogP contribution >= 0.6 is 0 Å². The molecule has 2 unspecified atom stereocenters. The lowest BCUT2D eigenvalue weighted by Gasteiger charge is -2.32. The summed E-state index contributed by atoms with van der Waals surface area (Å²) in [5, 5.41) is 3.53. The molecule has 0 saturated heterocycles. The van der Waals surface area contributed by atoms with Crippen molar-refractivity contribution in [3.8, 4) is 33.8 Å². The Morgan fingerprint density at radius 1 is 0.544 bits per heavy atom. The first-order valence-electron chi connectivity index (χ1n) is 20.3. The normalized spacial score (nSPS) is 19.9. The quantitative estimate of drug-likeness (QED) is 0.169. The van der Waals surface area contributed by atoms with Crippen molar-refractivity contribution in [2.75, 3.05) is 0 Å². The van der Waals surface area contributed by atoms with Crippen molar-refractivity contribution in [3.63, 3.8) is 0 Å². The summed E-state index contributed by atoms with van der Waals surface area (Å²) >= 11 is 0. The minimum Gasteiger partial charge on any atom is -0.247 e. The van der Waals surface area contributed by atoms with E-state index in [9.17, 15) is 0 Å². The molecule has 12 rings (SSSR count).